The van der Waals surface area contributed by atoms with Crippen molar-refractivity contribution in [3.8, 4) is 0 Å². The Morgan fingerprint density at radius 3 is 2.75 bits per heavy atom. The maximum atomic E-state index is 11.8. The zero-order chi connectivity index (χ0) is 16.5. The van der Waals surface area contributed by atoms with Crippen molar-refractivity contribution in [3.63, 3.8) is 0 Å². The van der Waals surface area contributed by atoms with Crippen LogP contribution in [0, 0.1) is 0 Å². The monoisotopic (exact) mass is 339 g/mol. The lowest BCUT2D eigenvalue weighted by Gasteiger charge is -2.28. The largest absolute Gasteiger partial charge is 0.378 e. The van der Waals surface area contributed by atoms with Gasteiger partial charge in [0.25, 0.3) is 5.91 Å². The molecule has 1 amide bonds. The second-order valence-electron chi connectivity index (χ2n) is 5.89. The Bertz CT molecular complexity index is 870. The molecular weight excluding hydrogens is 322 g/mol. The molecule has 4 rings (SSSR count). The fraction of sp³-hybridized carbons (Fsp3) is 0.294. The predicted molar refractivity (Wildman–Crippen MR) is 97.8 cm³/mol. The summed E-state index contributed by atoms with van der Waals surface area (Å²) in [4.78, 5) is 27.3. The molecule has 1 aromatic carbocycles. The van der Waals surface area contributed by atoms with Gasteiger partial charge in [-0.05, 0) is 54.8 Å². The van der Waals surface area contributed by atoms with E-state index in [1.807, 2.05) is 24.3 Å². The van der Waals surface area contributed by atoms with Crippen LogP contribution < -0.4 is 10.6 Å². The number of carbonyl (C=O) groups is 1. The second-order valence-corrected chi connectivity index (χ2v) is 6.95. The fourth-order valence-corrected chi connectivity index (χ4v) is 3.77. The summed E-state index contributed by atoms with van der Waals surface area (Å²) in [5.41, 5.74) is 7.44. The molecule has 2 aliphatic rings. The topological polar surface area (TPSA) is 84.5 Å². The van der Waals surface area contributed by atoms with Gasteiger partial charge >= 0.3 is 0 Å². The summed E-state index contributed by atoms with van der Waals surface area (Å²) < 4.78 is 0. The average Bonchev–Trinajstić information content (AvgIpc) is 2.92. The van der Waals surface area contributed by atoms with E-state index >= 15 is 0 Å². The van der Waals surface area contributed by atoms with Crippen LogP contribution in [0.5, 0.6) is 0 Å². The number of nitrogens with two attached hydrogens (primary N) is 1. The number of piperidine rings is 1. The van der Waals surface area contributed by atoms with Crippen LogP contribution in [0.2, 0.25) is 0 Å². The van der Waals surface area contributed by atoms with Crippen LogP contribution in [0.3, 0.4) is 0 Å². The molecule has 6 nitrogen and oxygen atoms in total. The number of anilines is 1. The van der Waals surface area contributed by atoms with Crippen LogP contribution in [0.25, 0.3) is 17.0 Å². The van der Waals surface area contributed by atoms with Crippen molar-refractivity contribution < 1.29 is 4.79 Å². The lowest BCUT2D eigenvalue weighted by molar-refractivity contribution is -0.113. The van der Waals surface area contributed by atoms with E-state index in [9.17, 15) is 4.79 Å². The first-order valence-electron chi connectivity index (χ1n) is 7.98. The smallest absolute Gasteiger partial charge is 0.286 e. The number of aromatic nitrogens is 2. The Labute approximate surface area is 143 Å². The highest BCUT2D eigenvalue weighted by molar-refractivity contribution is 8.18. The molecule has 0 bridgehead atoms. The number of nitrogens with zero attached hydrogens (tertiary/aromatic N) is 4. The van der Waals surface area contributed by atoms with Crippen LogP contribution in [0.4, 0.5) is 5.82 Å². The van der Waals surface area contributed by atoms with E-state index in [4.69, 9.17) is 5.73 Å². The minimum Gasteiger partial charge on any atom is -0.378 e. The summed E-state index contributed by atoms with van der Waals surface area (Å²) in [5.74, 6) is 0.694. The maximum absolute atomic E-state index is 11.8. The molecule has 0 saturated carbocycles. The summed E-state index contributed by atoms with van der Waals surface area (Å²) >= 11 is 1.20. The van der Waals surface area contributed by atoms with Gasteiger partial charge < -0.3 is 10.6 Å². The van der Waals surface area contributed by atoms with Gasteiger partial charge in [-0.15, -0.1) is 0 Å². The average molecular weight is 339 g/mol. The highest BCUT2D eigenvalue weighted by atomic mass is 32.2. The van der Waals surface area contributed by atoms with Crippen molar-refractivity contribution in [3.05, 3.63) is 35.0 Å². The highest BCUT2D eigenvalue weighted by Crippen LogP contribution is 2.30. The van der Waals surface area contributed by atoms with E-state index < -0.39 is 0 Å². The van der Waals surface area contributed by atoms with Gasteiger partial charge in [0.05, 0.1) is 10.4 Å². The van der Waals surface area contributed by atoms with Crippen molar-refractivity contribution in [2.75, 3.05) is 18.0 Å². The molecule has 0 atom stereocenters. The Morgan fingerprint density at radius 1 is 1.17 bits per heavy atom. The molecule has 3 heterocycles. The molecule has 1 fully saturated rings. The Morgan fingerprint density at radius 2 is 2.00 bits per heavy atom. The fourth-order valence-electron chi connectivity index (χ4n) is 3.09. The Hall–Kier alpha value is -2.41. The Kier molecular flexibility index (Phi) is 3.93. The molecule has 122 valence electrons. The number of thioether (sulfide) groups is 1. The zero-order valence-electron chi connectivity index (χ0n) is 13.1. The number of rotatable bonds is 2. The van der Waals surface area contributed by atoms with E-state index in [1.165, 1.54) is 31.0 Å². The molecule has 2 aromatic rings. The van der Waals surface area contributed by atoms with E-state index in [1.54, 1.807) is 6.33 Å². The Balaban J connectivity index is 1.74. The number of hydrogen-bond acceptors (Lipinski definition) is 6. The number of hydrogen-bond donors (Lipinski definition) is 1. The summed E-state index contributed by atoms with van der Waals surface area (Å²) in [5, 5.41) is 1.31. The summed E-state index contributed by atoms with van der Waals surface area (Å²) in [6, 6.07) is 5.95. The lowest BCUT2D eigenvalue weighted by Crippen LogP contribution is -2.30. The normalized spacial score (nSPS) is 20.0. The second kappa shape index (κ2) is 6.24. The van der Waals surface area contributed by atoms with Gasteiger partial charge in [-0.1, -0.05) is 6.07 Å². The zero-order valence-corrected chi connectivity index (χ0v) is 13.9. The van der Waals surface area contributed by atoms with Crippen LogP contribution in [-0.4, -0.2) is 34.1 Å². The molecule has 0 unspecified atom stereocenters. The summed E-state index contributed by atoms with van der Waals surface area (Å²) in [6.07, 6.45) is 7.10. The quantitative estimate of drug-likeness (QED) is 0.847. The molecule has 1 saturated heterocycles. The minimum absolute atomic E-state index is 0.279. The summed E-state index contributed by atoms with van der Waals surface area (Å²) in [7, 11) is 0. The molecule has 1 aromatic heterocycles. The number of benzene rings is 1. The van der Waals surface area contributed by atoms with E-state index in [0.29, 0.717) is 10.1 Å². The number of carbonyl (C=O) groups excluding carboxylic acids is 1. The first-order chi connectivity index (χ1) is 11.7. The van der Waals surface area contributed by atoms with Gasteiger partial charge in [0, 0.05) is 18.5 Å². The van der Waals surface area contributed by atoms with E-state index in [-0.39, 0.29) is 5.91 Å². The van der Waals surface area contributed by atoms with E-state index in [2.05, 4.69) is 19.9 Å². The van der Waals surface area contributed by atoms with Crippen molar-refractivity contribution in [2.24, 2.45) is 10.7 Å². The van der Waals surface area contributed by atoms with Crippen molar-refractivity contribution in [2.45, 2.75) is 19.3 Å². The first kappa shape index (κ1) is 15.1. The molecule has 0 spiro atoms. The standard InChI is InChI=1S/C17H17N5OS/c18-17-21-16(23)14(24-17)9-11-4-5-13-12(8-11)15(20-10-19-13)22-6-2-1-3-7-22/h4-5,8-10H,1-3,6-7H2,(H2,18,21,23). The minimum atomic E-state index is -0.279. The first-order valence-corrected chi connectivity index (χ1v) is 8.80. The summed E-state index contributed by atoms with van der Waals surface area (Å²) in [6.45, 7) is 2.05. The molecule has 0 aliphatic carbocycles. The molecule has 24 heavy (non-hydrogen) atoms. The van der Waals surface area contributed by atoms with Gasteiger partial charge in [-0.25, -0.2) is 9.97 Å². The number of amides is 1. The van der Waals surface area contributed by atoms with Crippen LogP contribution >= 0.6 is 11.8 Å². The third-order valence-electron chi connectivity index (χ3n) is 4.23. The maximum Gasteiger partial charge on any atom is 0.286 e. The van der Waals surface area contributed by atoms with Gasteiger partial charge in [0.1, 0.15) is 12.1 Å². The SMILES string of the molecule is NC1=NC(=O)C(=Cc2ccc3ncnc(N4CCCCC4)c3c2)S1. The van der Waals surface area contributed by atoms with Gasteiger partial charge in [0.2, 0.25) is 0 Å². The van der Waals surface area contributed by atoms with Gasteiger partial charge in [-0.2, -0.15) is 4.99 Å². The van der Waals surface area contributed by atoms with Crippen molar-refractivity contribution >= 4 is 45.6 Å². The third-order valence-corrected chi connectivity index (χ3v) is 5.04. The molecule has 7 heteroatoms. The van der Waals surface area contributed by atoms with Crippen LogP contribution in [0.1, 0.15) is 24.8 Å². The van der Waals surface area contributed by atoms with E-state index in [0.717, 1.165) is 35.4 Å². The highest BCUT2D eigenvalue weighted by Gasteiger charge is 2.20. The number of amidine groups is 1. The van der Waals surface area contributed by atoms with Crippen molar-refractivity contribution in [1.29, 1.82) is 0 Å². The van der Waals surface area contributed by atoms with Gasteiger partial charge in [0.15, 0.2) is 5.17 Å². The van der Waals surface area contributed by atoms with Crippen LogP contribution in [0.15, 0.2) is 34.4 Å². The number of fused-ring (bicyclic) bond motifs is 1. The third kappa shape index (κ3) is 2.87. The molecule has 2 aliphatic heterocycles. The van der Waals surface area contributed by atoms with Crippen molar-refractivity contribution in [1.82, 2.24) is 9.97 Å². The molecule has 0 radical (unpaired) electrons. The number of aliphatic imine (C=N–C) groups is 1. The van der Waals surface area contributed by atoms with Crippen LogP contribution in [-0.2, 0) is 4.79 Å². The predicted octanol–water partition coefficient (Wildman–Crippen LogP) is 2.55. The van der Waals surface area contributed by atoms with Gasteiger partial charge in [-0.3, -0.25) is 4.79 Å². The molecular formula is C17H17N5OS. The lowest BCUT2D eigenvalue weighted by atomic mass is 10.1. The molecule has 2 N–H and O–H groups in total.